The fraction of sp³-hybridized carbons (Fsp3) is 0.0154. The van der Waals surface area contributed by atoms with E-state index in [1.54, 1.807) is 0 Å². The summed E-state index contributed by atoms with van der Waals surface area (Å²) in [5.41, 5.74) is 16.5. The highest BCUT2D eigenvalue weighted by atomic mass is 15.2. The smallest absolute Gasteiger partial charge is 0.0727 e. The van der Waals surface area contributed by atoms with Crippen molar-refractivity contribution < 1.29 is 0 Å². The highest BCUT2D eigenvalue weighted by Gasteiger charge is 2.52. The first kappa shape index (κ1) is 37.6. The molecule has 312 valence electrons. The molecule has 1 spiro atoms. The average molecular weight is 851 g/mol. The maximum Gasteiger partial charge on any atom is 0.0727 e. The molecule has 0 saturated heterocycles. The van der Waals surface area contributed by atoms with Crippen molar-refractivity contribution in [2.75, 3.05) is 9.80 Å². The quantitative estimate of drug-likeness (QED) is 0.154. The minimum atomic E-state index is -0.573. The summed E-state index contributed by atoms with van der Waals surface area (Å²) in [6.07, 6.45) is 0. The van der Waals surface area contributed by atoms with Crippen molar-refractivity contribution in [2.45, 2.75) is 5.41 Å². The van der Waals surface area contributed by atoms with E-state index in [4.69, 9.17) is 0 Å². The second-order valence-corrected chi connectivity index (χ2v) is 18.0. The summed E-state index contributed by atoms with van der Waals surface area (Å²) in [6, 6.07) is 94.5. The highest BCUT2D eigenvalue weighted by Crippen LogP contribution is 2.65. The number of anilines is 6. The first-order valence-electron chi connectivity index (χ1n) is 23.3. The summed E-state index contributed by atoms with van der Waals surface area (Å²) in [4.78, 5) is 4.92. The molecule has 0 saturated carbocycles. The molecule has 0 N–H and O–H groups in total. The Morgan fingerprint density at radius 2 is 0.716 bits per heavy atom. The Balaban J connectivity index is 1.02. The van der Waals surface area contributed by atoms with Gasteiger partial charge in [0.2, 0.25) is 0 Å². The van der Waals surface area contributed by atoms with Crippen LogP contribution < -0.4 is 9.80 Å². The number of fused-ring (bicyclic) bond motifs is 17. The van der Waals surface area contributed by atoms with Crippen LogP contribution in [0.1, 0.15) is 22.3 Å². The molecule has 0 aromatic heterocycles. The van der Waals surface area contributed by atoms with Gasteiger partial charge in [-0.15, -0.1) is 0 Å². The van der Waals surface area contributed by atoms with Crippen molar-refractivity contribution in [3.8, 4) is 22.3 Å². The molecular formula is C65H42N2. The number of hydrogen-bond donors (Lipinski definition) is 0. The molecule has 2 aliphatic carbocycles. The Kier molecular flexibility index (Phi) is 8.23. The Bertz CT molecular complexity index is 3910. The van der Waals surface area contributed by atoms with Crippen LogP contribution in [0.25, 0.3) is 65.3 Å². The van der Waals surface area contributed by atoms with Gasteiger partial charge in [0, 0.05) is 34.0 Å². The van der Waals surface area contributed by atoms with Crippen molar-refractivity contribution in [3.05, 3.63) is 277 Å². The van der Waals surface area contributed by atoms with E-state index < -0.39 is 5.41 Å². The van der Waals surface area contributed by atoms with Gasteiger partial charge in [-0.2, -0.15) is 0 Å². The second-order valence-electron chi connectivity index (χ2n) is 18.0. The number of rotatable bonds is 6. The van der Waals surface area contributed by atoms with Crippen LogP contribution in [0.4, 0.5) is 34.1 Å². The zero-order valence-electron chi connectivity index (χ0n) is 36.6. The van der Waals surface area contributed by atoms with Gasteiger partial charge in [0.25, 0.3) is 0 Å². The van der Waals surface area contributed by atoms with Gasteiger partial charge < -0.3 is 9.80 Å². The Morgan fingerprint density at radius 3 is 1.43 bits per heavy atom. The van der Waals surface area contributed by atoms with Gasteiger partial charge in [-0.05, 0) is 149 Å². The van der Waals surface area contributed by atoms with Gasteiger partial charge in [0.15, 0.2) is 0 Å². The fourth-order valence-electron chi connectivity index (χ4n) is 11.9. The summed E-state index contributed by atoms with van der Waals surface area (Å²) >= 11 is 0. The fourth-order valence-corrected chi connectivity index (χ4v) is 11.9. The normalized spacial score (nSPS) is 14.3. The molecule has 0 heterocycles. The molecule has 0 bridgehead atoms. The van der Waals surface area contributed by atoms with Crippen molar-refractivity contribution >= 4 is 77.2 Å². The Labute approximate surface area is 389 Å². The van der Waals surface area contributed by atoms with Crippen molar-refractivity contribution in [3.63, 3.8) is 0 Å². The lowest BCUT2D eigenvalue weighted by molar-refractivity contribution is 0.793. The summed E-state index contributed by atoms with van der Waals surface area (Å²) in [6.45, 7) is 0. The largest absolute Gasteiger partial charge is 0.310 e. The van der Waals surface area contributed by atoms with Crippen molar-refractivity contribution in [2.24, 2.45) is 0 Å². The second kappa shape index (κ2) is 14.7. The monoisotopic (exact) mass is 850 g/mol. The van der Waals surface area contributed by atoms with Crippen LogP contribution in [-0.2, 0) is 5.41 Å². The predicted octanol–water partition coefficient (Wildman–Crippen LogP) is 17.6. The summed E-state index contributed by atoms with van der Waals surface area (Å²) < 4.78 is 0. The van der Waals surface area contributed by atoms with E-state index in [1.165, 1.54) is 87.6 Å². The number of nitrogens with zero attached hydrogens (tertiary/aromatic N) is 2. The molecule has 0 aliphatic heterocycles. The van der Waals surface area contributed by atoms with Gasteiger partial charge in [0.05, 0.1) is 11.1 Å². The van der Waals surface area contributed by atoms with E-state index in [9.17, 15) is 0 Å². The van der Waals surface area contributed by atoms with Crippen LogP contribution in [0.5, 0.6) is 0 Å². The predicted molar refractivity (Wildman–Crippen MR) is 282 cm³/mol. The standard InChI is InChI=1S/C65H42N2/c1-3-20-45(21-4-1)66(48-36-38-54-52-26-10-9-24-50(52)51-25-11-12-27-53(51)58(54)41-48)49-37-39-56-55-28-13-15-30-59(55)65(62(56)42-49)60-31-16-14-29-57(60)64-61(65)32-17-33-63(64)67(46-22-5-2-6-23-46)47-35-34-43-18-7-8-19-44(43)40-47/h1-42H. The van der Waals surface area contributed by atoms with Gasteiger partial charge in [-0.3, -0.25) is 0 Å². The topological polar surface area (TPSA) is 6.48 Å². The zero-order valence-corrected chi connectivity index (χ0v) is 36.6. The average Bonchev–Trinajstić information content (AvgIpc) is 3.87. The summed E-state index contributed by atoms with van der Waals surface area (Å²) in [5.74, 6) is 0. The van der Waals surface area contributed by atoms with E-state index in [0.29, 0.717) is 0 Å². The van der Waals surface area contributed by atoms with Crippen LogP contribution in [-0.4, -0.2) is 0 Å². The van der Waals surface area contributed by atoms with E-state index in [0.717, 1.165) is 34.1 Å². The molecule has 14 rings (SSSR count). The van der Waals surface area contributed by atoms with Gasteiger partial charge in [-0.1, -0.05) is 188 Å². The third-order valence-corrected chi connectivity index (χ3v) is 14.6. The molecule has 2 heteroatoms. The molecular weight excluding hydrogens is 809 g/mol. The van der Waals surface area contributed by atoms with E-state index in [1.807, 2.05) is 0 Å². The van der Waals surface area contributed by atoms with Crippen LogP contribution in [0.2, 0.25) is 0 Å². The van der Waals surface area contributed by atoms with Crippen molar-refractivity contribution in [1.82, 2.24) is 0 Å². The van der Waals surface area contributed by atoms with Gasteiger partial charge in [-0.25, -0.2) is 0 Å². The molecule has 0 fully saturated rings. The number of hydrogen-bond acceptors (Lipinski definition) is 2. The molecule has 1 unspecified atom stereocenters. The van der Waals surface area contributed by atoms with Crippen LogP contribution in [0.15, 0.2) is 255 Å². The van der Waals surface area contributed by atoms with E-state index >= 15 is 0 Å². The first-order valence-corrected chi connectivity index (χ1v) is 23.3. The van der Waals surface area contributed by atoms with Crippen LogP contribution in [0, 0.1) is 0 Å². The maximum absolute atomic E-state index is 2.50. The molecule has 1 atom stereocenters. The zero-order chi connectivity index (χ0) is 44.1. The Hall–Kier alpha value is -8.72. The third-order valence-electron chi connectivity index (χ3n) is 14.6. The first-order chi connectivity index (χ1) is 33.3. The number of para-hydroxylation sites is 2. The lowest BCUT2D eigenvalue weighted by Crippen LogP contribution is -2.26. The molecule has 2 aliphatic rings. The van der Waals surface area contributed by atoms with Crippen molar-refractivity contribution in [1.29, 1.82) is 0 Å². The summed E-state index contributed by atoms with van der Waals surface area (Å²) in [5, 5.41) is 10.0. The highest BCUT2D eigenvalue weighted by molar-refractivity contribution is 6.26. The molecule has 67 heavy (non-hydrogen) atoms. The molecule has 2 nitrogen and oxygen atoms in total. The minimum Gasteiger partial charge on any atom is -0.310 e. The minimum absolute atomic E-state index is 0.573. The SMILES string of the molecule is c1ccc(N(c2ccc3c(c2)C2(c4ccccc4-3)c3ccccc3-c3c(N(c4ccccc4)c4ccc5ccccc5c4)cccc32)c2ccc3c4ccccc4c4ccccc4c3c2)cc1. The van der Waals surface area contributed by atoms with Crippen LogP contribution >= 0.6 is 0 Å². The molecule has 12 aromatic rings. The summed E-state index contributed by atoms with van der Waals surface area (Å²) in [7, 11) is 0. The maximum atomic E-state index is 2.50. The molecule has 12 aromatic carbocycles. The number of benzene rings is 12. The lowest BCUT2D eigenvalue weighted by Gasteiger charge is -2.33. The molecule has 0 radical (unpaired) electrons. The Morgan fingerprint density at radius 1 is 0.239 bits per heavy atom. The van der Waals surface area contributed by atoms with E-state index in [2.05, 4.69) is 265 Å². The lowest BCUT2D eigenvalue weighted by atomic mass is 9.70. The van der Waals surface area contributed by atoms with Gasteiger partial charge >= 0.3 is 0 Å². The van der Waals surface area contributed by atoms with E-state index in [-0.39, 0.29) is 0 Å². The molecule has 0 amide bonds. The third kappa shape index (κ3) is 5.45. The van der Waals surface area contributed by atoms with Crippen LogP contribution in [0.3, 0.4) is 0 Å². The van der Waals surface area contributed by atoms with Gasteiger partial charge in [0.1, 0.15) is 0 Å².